The second-order valence-electron chi connectivity index (χ2n) is 1.75. The third-order valence-corrected chi connectivity index (χ3v) is 0.942. The molecule has 0 bridgehead atoms. The standard InChI is InChI=1S/C6H14N2O2/c1-3-10-5-4-6(9)8-7-2/h7H,3-5H2,1-2H3,(H,8,9). The van der Waals surface area contributed by atoms with Gasteiger partial charge in [-0.3, -0.25) is 10.2 Å². The Kier molecular flexibility index (Phi) is 6.11. The van der Waals surface area contributed by atoms with Crippen LogP contribution in [0.4, 0.5) is 0 Å². The first-order valence-electron chi connectivity index (χ1n) is 3.34. The van der Waals surface area contributed by atoms with Gasteiger partial charge in [0.2, 0.25) is 5.91 Å². The normalized spacial score (nSPS) is 9.40. The fourth-order valence-electron chi connectivity index (χ4n) is 0.511. The van der Waals surface area contributed by atoms with Crippen LogP contribution in [0.5, 0.6) is 0 Å². The van der Waals surface area contributed by atoms with Crippen LogP contribution in [0, 0.1) is 0 Å². The van der Waals surface area contributed by atoms with E-state index in [9.17, 15) is 4.79 Å². The van der Waals surface area contributed by atoms with Crippen molar-refractivity contribution in [2.24, 2.45) is 0 Å². The van der Waals surface area contributed by atoms with Crippen LogP contribution in [-0.2, 0) is 9.53 Å². The molecule has 0 unspecified atom stereocenters. The van der Waals surface area contributed by atoms with E-state index in [1.807, 2.05) is 6.92 Å². The molecule has 4 nitrogen and oxygen atoms in total. The summed E-state index contributed by atoms with van der Waals surface area (Å²) in [5.74, 6) is -0.0454. The minimum atomic E-state index is -0.0454. The van der Waals surface area contributed by atoms with Crippen LogP contribution in [0.25, 0.3) is 0 Å². The summed E-state index contributed by atoms with van der Waals surface area (Å²) in [4.78, 5) is 10.7. The summed E-state index contributed by atoms with van der Waals surface area (Å²) in [6, 6.07) is 0. The van der Waals surface area contributed by atoms with Gasteiger partial charge in [0, 0.05) is 13.7 Å². The Morgan fingerprint density at radius 2 is 2.30 bits per heavy atom. The van der Waals surface area contributed by atoms with Gasteiger partial charge >= 0.3 is 0 Å². The van der Waals surface area contributed by atoms with Crippen molar-refractivity contribution in [1.29, 1.82) is 0 Å². The molecule has 0 aromatic carbocycles. The molecule has 0 aromatic heterocycles. The van der Waals surface area contributed by atoms with E-state index in [4.69, 9.17) is 4.74 Å². The number of nitrogens with one attached hydrogen (secondary N) is 2. The van der Waals surface area contributed by atoms with E-state index >= 15 is 0 Å². The number of hydrogen-bond acceptors (Lipinski definition) is 3. The number of rotatable bonds is 5. The van der Waals surface area contributed by atoms with E-state index < -0.39 is 0 Å². The van der Waals surface area contributed by atoms with Crippen LogP contribution in [0.2, 0.25) is 0 Å². The average Bonchev–Trinajstić information content (AvgIpc) is 1.89. The van der Waals surface area contributed by atoms with E-state index in [0.717, 1.165) is 0 Å². The Balaban J connectivity index is 3.05. The lowest BCUT2D eigenvalue weighted by molar-refractivity contribution is -0.122. The van der Waals surface area contributed by atoms with E-state index in [1.165, 1.54) is 0 Å². The zero-order valence-electron chi connectivity index (χ0n) is 6.44. The molecule has 0 saturated heterocycles. The summed E-state index contributed by atoms with van der Waals surface area (Å²) in [7, 11) is 1.65. The molecule has 0 aliphatic carbocycles. The lowest BCUT2D eigenvalue weighted by Gasteiger charge is -2.01. The minimum absolute atomic E-state index is 0.0454. The topological polar surface area (TPSA) is 50.4 Å². The molecule has 10 heavy (non-hydrogen) atoms. The SMILES string of the molecule is CCOCCC(=O)NNC. The van der Waals surface area contributed by atoms with Gasteiger partial charge in [-0.05, 0) is 6.92 Å². The second kappa shape index (κ2) is 6.51. The maximum Gasteiger partial charge on any atom is 0.236 e. The maximum absolute atomic E-state index is 10.7. The van der Waals surface area contributed by atoms with Gasteiger partial charge in [0.05, 0.1) is 13.0 Å². The molecule has 0 aliphatic rings. The molecular weight excluding hydrogens is 132 g/mol. The Bertz CT molecular complexity index is 95.7. The fourth-order valence-corrected chi connectivity index (χ4v) is 0.511. The number of carbonyl (C=O) groups excluding carboxylic acids is 1. The minimum Gasteiger partial charge on any atom is -0.381 e. The van der Waals surface area contributed by atoms with Crippen molar-refractivity contribution in [3.63, 3.8) is 0 Å². The van der Waals surface area contributed by atoms with Gasteiger partial charge in [-0.2, -0.15) is 0 Å². The van der Waals surface area contributed by atoms with E-state index in [0.29, 0.717) is 19.6 Å². The molecule has 60 valence electrons. The maximum atomic E-state index is 10.7. The van der Waals surface area contributed by atoms with E-state index in [-0.39, 0.29) is 5.91 Å². The first-order chi connectivity index (χ1) is 4.81. The molecule has 0 aromatic rings. The summed E-state index contributed by atoms with van der Waals surface area (Å²) in [6.45, 7) is 3.05. The highest BCUT2D eigenvalue weighted by atomic mass is 16.5. The average molecular weight is 146 g/mol. The molecule has 2 N–H and O–H groups in total. The molecule has 0 saturated carbocycles. The van der Waals surface area contributed by atoms with Crippen LogP contribution in [0.15, 0.2) is 0 Å². The van der Waals surface area contributed by atoms with Crippen molar-refractivity contribution in [2.75, 3.05) is 20.3 Å². The Morgan fingerprint density at radius 1 is 1.60 bits per heavy atom. The van der Waals surface area contributed by atoms with Crippen molar-refractivity contribution in [3.05, 3.63) is 0 Å². The van der Waals surface area contributed by atoms with Gasteiger partial charge in [0.1, 0.15) is 0 Å². The highest BCUT2D eigenvalue weighted by Crippen LogP contribution is 1.80. The molecule has 0 atom stereocenters. The number of hydrazine groups is 1. The molecule has 1 amide bonds. The van der Waals surface area contributed by atoms with Gasteiger partial charge in [-0.15, -0.1) is 0 Å². The summed E-state index contributed by atoms with van der Waals surface area (Å²) in [5.41, 5.74) is 4.97. The van der Waals surface area contributed by atoms with Crippen molar-refractivity contribution >= 4 is 5.91 Å². The monoisotopic (exact) mass is 146 g/mol. The van der Waals surface area contributed by atoms with E-state index in [1.54, 1.807) is 7.05 Å². The predicted octanol–water partition coefficient (Wildman–Crippen LogP) is -0.336. The highest BCUT2D eigenvalue weighted by molar-refractivity contribution is 5.75. The number of carbonyl (C=O) groups is 1. The molecule has 0 rings (SSSR count). The Labute approximate surface area is 60.9 Å². The van der Waals surface area contributed by atoms with Gasteiger partial charge in [-0.1, -0.05) is 0 Å². The summed E-state index contributed by atoms with van der Waals surface area (Å²) < 4.78 is 4.96. The molecular formula is C6H14N2O2. The van der Waals surface area contributed by atoms with Gasteiger partial charge < -0.3 is 4.74 Å². The van der Waals surface area contributed by atoms with Crippen molar-refractivity contribution in [3.8, 4) is 0 Å². The fraction of sp³-hybridized carbons (Fsp3) is 0.833. The molecule has 0 spiro atoms. The Hall–Kier alpha value is -0.610. The zero-order chi connectivity index (χ0) is 7.82. The van der Waals surface area contributed by atoms with Gasteiger partial charge in [0.25, 0.3) is 0 Å². The van der Waals surface area contributed by atoms with Crippen LogP contribution < -0.4 is 10.9 Å². The summed E-state index contributed by atoms with van der Waals surface area (Å²) in [5, 5.41) is 0. The number of hydrogen-bond donors (Lipinski definition) is 2. The van der Waals surface area contributed by atoms with Crippen LogP contribution in [-0.4, -0.2) is 26.2 Å². The van der Waals surface area contributed by atoms with Crippen LogP contribution in [0.1, 0.15) is 13.3 Å². The zero-order valence-corrected chi connectivity index (χ0v) is 6.44. The third kappa shape index (κ3) is 5.53. The summed E-state index contributed by atoms with van der Waals surface area (Å²) >= 11 is 0. The van der Waals surface area contributed by atoms with Gasteiger partial charge in [-0.25, -0.2) is 5.43 Å². The van der Waals surface area contributed by atoms with Crippen molar-refractivity contribution in [2.45, 2.75) is 13.3 Å². The lowest BCUT2D eigenvalue weighted by Crippen LogP contribution is -2.34. The smallest absolute Gasteiger partial charge is 0.236 e. The largest absolute Gasteiger partial charge is 0.381 e. The Morgan fingerprint density at radius 3 is 2.80 bits per heavy atom. The number of amides is 1. The molecule has 0 aliphatic heterocycles. The second-order valence-corrected chi connectivity index (χ2v) is 1.75. The molecule has 0 radical (unpaired) electrons. The molecule has 0 heterocycles. The summed E-state index contributed by atoms with van der Waals surface area (Å²) in [6.07, 6.45) is 0.411. The third-order valence-electron chi connectivity index (χ3n) is 0.942. The van der Waals surface area contributed by atoms with Crippen LogP contribution >= 0.6 is 0 Å². The van der Waals surface area contributed by atoms with Crippen molar-refractivity contribution in [1.82, 2.24) is 10.9 Å². The van der Waals surface area contributed by atoms with Crippen LogP contribution in [0.3, 0.4) is 0 Å². The quantitative estimate of drug-likeness (QED) is 0.412. The molecule has 4 heteroatoms. The first kappa shape index (κ1) is 9.39. The first-order valence-corrected chi connectivity index (χ1v) is 3.34. The number of ether oxygens (including phenoxy) is 1. The van der Waals surface area contributed by atoms with Gasteiger partial charge in [0.15, 0.2) is 0 Å². The highest BCUT2D eigenvalue weighted by Gasteiger charge is 1.96. The lowest BCUT2D eigenvalue weighted by atomic mass is 10.4. The van der Waals surface area contributed by atoms with Crippen molar-refractivity contribution < 1.29 is 9.53 Å². The molecule has 0 fully saturated rings. The predicted molar refractivity (Wildman–Crippen MR) is 38.3 cm³/mol. The van der Waals surface area contributed by atoms with E-state index in [2.05, 4.69) is 10.9 Å².